The second-order valence-corrected chi connectivity index (χ2v) is 6.48. The fourth-order valence-corrected chi connectivity index (χ4v) is 3.27. The van der Waals surface area contributed by atoms with E-state index in [1.165, 1.54) is 19.9 Å². The van der Waals surface area contributed by atoms with E-state index in [1.54, 1.807) is 0 Å². The molecule has 0 fully saturated rings. The second kappa shape index (κ2) is 8.13. The number of carboxylic acids is 1. The van der Waals surface area contributed by atoms with Gasteiger partial charge in [0.2, 0.25) is 0 Å². The molecule has 8 nitrogen and oxygen atoms in total. The number of hydrogen-bond donors (Lipinski definition) is 1. The van der Waals surface area contributed by atoms with Crippen molar-refractivity contribution in [2.75, 3.05) is 0 Å². The number of aliphatic carboxylic acids is 1. The second-order valence-electron chi connectivity index (χ2n) is 4.33. The molecule has 9 heteroatoms. The van der Waals surface area contributed by atoms with Gasteiger partial charge in [-0.15, -0.1) is 0 Å². The van der Waals surface area contributed by atoms with Crippen LogP contribution in [0.3, 0.4) is 0 Å². The molecule has 0 amide bonds. The average molecular weight is 330 g/mol. The lowest BCUT2D eigenvalue weighted by atomic mass is 10.1. The van der Waals surface area contributed by atoms with Gasteiger partial charge in [0.15, 0.2) is 0 Å². The van der Waals surface area contributed by atoms with Gasteiger partial charge in [0.05, 0.1) is 0 Å². The van der Waals surface area contributed by atoms with Crippen LogP contribution in [-0.2, 0) is 32.5 Å². The molecule has 0 saturated carbocycles. The Kier molecular flexibility index (Phi) is 7.23. The van der Waals surface area contributed by atoms with Crippen LogP contribution in [0.2, 0.25) is 0 Å². The number of rotatable bonds is 6. The Hall–Kier alpha value is -2.42. The summed E-state index contributed by atoms with van der Waals surface area (Å²) in [5, 5.41) is 8.88. The normalized spacial score (nSPS) is 12.4. The molecule has 0 aromatic heterocycles. The minimum atomic E-state index is -4.08. The number of carbonyl (C=O) groups excluding carboxylic acids is 3. The highest BCUT2D eigenvalue weighted by atomic mass is 28.4. The molecule has 0 radical (unpaired) electrons. The lowest BCUT2D eigenvalue weighted by Gasteiger charge is -2.23. The molecular weight excluding hydrogens is 312 g/mol. The zero-order chi connectivity index (χ0) is 17.5. The van der Waals surface area contributed by atoms with Crippen molar-refractivity contribution in [3.63, 3.8) is 0 Å². The maximum atomic E-state index is 11.2. The quantitative estimate of drug-likeness (QED) is 0.438. The third-order valence-electron chi connectivity index (χ3n) is 2.31. The molecule has 0 aliphatic carbocycles. The van der Waals surface area contributed by atoms with Gasteiger partial charge >= 0.3 is 14.8 Å². The molecule has 0 saturated heterocycles. The number of allylic oxidation sites excluding steroid dienone is 2. The highest BCUT2D eigenvalue weighted by Gasteiger charge is 2.49. The first-order valence-corrected chi connectivity index (χ1v) is 7.98. The fraction of sp³-hybridized carbons (Fsp3) is 0.385. The van der Waals surface area contributed by atoms with Gasteiger partial charge in [-0.25, -0.2) is 4.79 Å². The Balaban J connectivity index is 5.76. The van der Waals surface area contributed by atoms with Crippen molar-refractivity contribution < 1.29 is 37.6 Å². The Morgan fingerprint density at radius 1 is 0.818 bits per heavy atom. The van der Waals surface area contributed by atoms with Gasteiger partial charge in [0.1, 0.15) is 0 Å². The van der Waals surface area contributed by atoms with Crippen LogP contribution in [-0.4, -0.2) is 37.8 Å². The first-order valence-electron chi connectivity index (χ1n) is 6.18. The van der Waals surface area contributed by atoms with Crippen molar-refractivity contribution >= 4 is 32.7 Å². The molecular formula is C13H18O8Si. The minimum Gasteiger partial charge on any atom is -0.478 e. The summed E-state index contributed by atoms with van der Waals surface area (Å²) >= 11 is 0. The summed E-state index contributed by atoms with van der Waals surface area (Å²) in [5.41, 5.74) is 1.46. The number of carbonyl (C=O) groups is 4. The molecule has 0 unspecified atom stereocenters. The lowest BCUT2D eigenvalue weighted by molar-refractivity contribution is -0.147. The van der Waals surface area contributed by atoms with E-state index >= 15 is 0 Å². The maximum Gasteiger partial charge on any atom is 0.735 e. The van der Waals surface area contributed by atoms with Crippen molar-refractivity contribution in [2.45, 2.75) is 34.6 Å². The van der Waals surface area contributed by atoms with Crippen LogP contribution in [0, 0.1) is 0 Å². The topological polar surface area (TPSA) is 116 Å². The van der Waals surface area contributed by atoms with Crippen LogP contribution in [0.5, 0.6) is 0 Å². The van der Waals surface area contributed by atoms with Crippen LogP contribution in [0.4, 0.5) is 0 Å². The van der Waals surface area contributed by atoms with E-state index in [-0.39, 0.29) is 5.57 Å². The minimum absolute atomic E-state index is 0.0348. The summed E-state index contributed by atoms with van der Waals surface area (Å²) in [4.78, 5) is 44.5. The Morgan fingerprint density at radius 2 is 1.18 bits per heavy atom. The first-order chi connectivity index (χ1) is 9.99. The molecule has 122 valence electrons. The van der Waals surface area contributed by atoms with Crippen LogP contribution >= 0.6 is 0 Å². The van der Waals surface area contributed by atoms with Gasteiger partial charge in [-0.05, 0) is 19.4 Å². The molecule has 0 bridgehead atoms. The van der Waals surface area contributed by atoms with Crippen LogP contribution < -0.4 is 0 Å². The monoisotopic (exact) mass is 330 g/mol. The summed E-state index contributed by atoms with van der Waals surface area (Å²) in [6.07, 6.45) is 1.27. The molecule has 0 aliphatic heterocycles. The molecule has 0 aliphatic rings. The predicted octanol–water partition coefficient (Wildman–Crippen LogP) is 1.13. The predicted molar refractivity (Wildman–Crippen MR) is 76.2 cm³/mol. The molecule has 1 N–H and O–H groups in total. The van der Waals surface area contributed by atoms with Crippen LogP contribution in [0.25, 0.3) is 0 Å². The molecule has 0 aromatic carbocycles. The van der Waals surface area contributed by atoms with Crippen LogP contribution in [0.1, 0.15) is 34.6 Å². The molecule has 0 rings (SSSR count). The first kappa shape index (κ1) is 19.6. The third-order valence-corrected chi connectivity index (χ3v) is 4.60. The van der Waals surface area contributed by atoms with Crippen LogP contribution in [0.15, 0.2) is 22.9 Å². The Bertz CT molecular complexity index is 505. The molecule has 0 aromatic rings. The average Bonchev–Trinajstić information content (AvgIpc) is 2.32. The molecule has 0 atom stereocenters. The third kappa shape index (κ3) is 6.84. The molecule has 22 heavy (non-hydrogen) atoms. The zero-order valence-corrected chi connectivity index (χ0v) is 14.0. The van der Waals surface area contributed by atoms with Crippen molar-refractivity contribution in [3.05, 3.63) is 22.9 Å². The Labute approximate surface area is 128 Å². The van der Waals surface area contributed by atoms with E-state index in [9.17, 15) is 19.2 Å². The molecule has 0 spiro atoms. The van der Waals surface area contributed by atoms with E-state index in [0.29, 0.717) is 5.57 Å². The van der Waals surface area contributed by atoms with E-state index < -0.39 is 32.7 Å². The summed E-state index contributed by atoms with van der Waals surface area (Å²) < 4.78 is 14.7. The standard InChI is InChI=1S/C13H18O8Si/c1-8(9(2)13(17)18)6-7-22(19-10(3)14,20-11(4)15)21-12(5)16/h6-7H,1-5H3,(H,17,18). The maximum absolute atomic E-state index is 11.2. The largest absolute Gasteiger partial charge is 0.735 e. The number of hydrogen-bond acceptors (Lipinski definition) is 7. The lowest BCUT2D eigenvalue weighted by Crippen LogP contribution is -2.48. The van der Waals surface area contributed by atoms with E-state index in [1.807, 2.05) is 0 Å². The smallest absolute Gasteiger partial charge is 0.478 e. The van der Waals surface area contributed by atoms with Gasteiger partial charge in [-0.2, -0.15) is 0 Å². The molecule has 0 heterocycles. The summed E-state index contributed by atoms with van der Waals surface area (Å²) in [6, 6.07) is 0. The van der Waals surface area contributed by atoms with Gasteiger partial charge in [0, 0.05) is 32.0 Å². The number of carboxylic acid groups (broad SMARTS) is 1. The highest BCUT2D eigenvalue weighted by molar-refractivity contribution is 6.70. The van der Waals surface area contributed by atoms with E-state index in [4.69, 9.17) is 18.4 Å². The van der Waals surface area contributed by atoms with Crippen molar-refractivity contribution in [3.8, 4) is 0 Å². The van der Waals surface area contributed by atoms with E-state index in [2.05, 4.69) is 0 Å². The summed E-state index contributed by atoms with van der Waals surface area (Å²) in [6.45, 7) is 6.05. The van der Waals surface area contributed by atoms with Gasteiger partial charge in [0.25, 0.3) is 17.9 Å². The fourth-order valence-electron chi connectivity index (χ4n) is 1.29. The van der Waals surface area contributed by atoms with E-state index in [0.717, 1.165) is 26.5 Å². The van der Waals surface area contributed by atoms with Gasteiger partial charge < -0.3 is 18.4 Å². The van der Waals surface area contributed by atoms with Crippen molar-refractivity contribution in [2.24, 2.45) is 0 Å². The van der Waals surface area contributed by atoms with Crippen molar-refractivity contribution in [1.82, 2.24) is 0 Å². The van der Waals surface area contributed by atoms with Gasteiger partial charge in [-0.3, -0.25) is 14.4 Å². The Morgan fingerprint density at radius 3 is 1.45 bits per heavy atom. The SMILES string of the molecule is CC(=O)O[Si](C=CC(C)=C(C)C(=O)O)(OC(C)=O)OC(C)=O. The van der Waals surface area contributed by atoms with Crippen molar-refractivity contribution in [1.29, 1.82) is 0 Å². The highest BCUT2D eigenvalue weighted by Crippen LogP contribution is 2.16. The summed E-state index contributed by atoms with van der Waals surface area (Å²) in [5.74, 6) is -3.57. The summed E-state index contributed by atoms with van der Waals surface area (Å²) in [7, 11) is -4.08. The zero-order valence-electron chi connectivity index (χ0n) is 13.0. The van der Waals surface area contributed by atoms with Gasteiger partial charge in [-0.1, -0.05) is 6.08 Å².